The predicted octanol–water partition coefficient (Wildman–Crippen LogP) is 3.29. The Morgan fingerprint density at radius 1 is 1.39 bits per heavy atom. The van der Waals surface area contributed by atoms with Crippen LogP contribution in [0.2, 0.25) is 0 Å². The van der Waals surface area contributed by atoms with E-state index in [9.17, 15) is 4.79 Å². The van der Waals surface area contributed by atoms with Gasteiger partial charge in [-0.1, -0.05) is 30.0 Å². The van der Waals surface area contributed by atoms with Crippen LogP contribution in [0.4, 0.5) is 10.8 Å². The standard InChI is InChI=1S/C18H20N6O2S2/c1-13(25)24(15-6-3-2-4-7-15)17-19-14(11-27-17)12-28-18-20-21-22-23(18)10-16-8-5-9-26-16/h2-4,6-7,11,16H,5,8-10,12H2,1H3. The Balaban J connectivity index is 1.43. The number of thioether (sulfide) groups is 1. The van der Waals surface area contributed by atoms with E-state index in [0.717, 1.165) is 36.0 Å². The maximum absolute atomic E-state index is 12.2. The zero-order chi connectivity index (χ0) is 19.3. The first-order valence-electron chi connectivity index (χ1n) is 9.01. The van der Waals surface area contributed by atoms with E-state index >= 15 is 0 Å². The van der Waals surface area contributed by atoms with Gasteiger partial charge in [0.2, 0.25) is 11.1 Å². The number of hydrogen-bond acceptors (Lipinski definition) is 8. The molecule has 1 fully saturated rings. The first kappa shape index (κ1) is 19.0. The molecule has 10 heteroatoms. The molecule has 1 saturated heterocycles. The second-order valence-electron chi connectivity index (χ2n) is 6.38. The first-order valence-corrected chi connectivity index (χ1v) is 10.9. The van der Waals surface area contributed by atoms with Crippen LogP contribution < -0.4 is 4.90 Å². The Morgan fingerprint density at radius 3 is 3.00 bits per heavy atom. The van der Waals surface area contributed by atoms with Crippen LogP contribution in [0.15, 0.2) is 40.9 Å². The van der Waals surface area contributed by atoms with Crippen LogP contribution >= 0.6 is 23.1 Å². The summed E-state index contributed by atoms with van der Waals surface area (Å²) in [5.74, 6) is 0.559. The molecule has 1 amide bonds. The summed E-state index contributed by atoms with van der Waals surface area (Å²) >= 11 is 2.98. The molecule has 1 aliphatic heterocycles. The third-order valence-corrected chi connectivity index (χ3v) is 6.17. The molecule has 0 aliphatic carbocycles. The van der Waals surface area contributed by atoms with Crippen LogP contribution in [0.3, 0.4) is 0 Å². The lowest BCUT2D eigenvalue weighted by molar-refractivity contribution is -0.115. The van der Waals surface area contributed by atoms with E-state index in [0.29, 0.717) is 17.4 Å². The van der Waals surface area contributed by atoms with Gasteiger partial charge in [-0.05, 0) is 35.4 Å². The number of hydrogen-bond donors (Lipinski definition) is 0. The zero-order valence-corrected chi connectivity index (χ0v) is 17.0. The van der Waals surface area contributed by atoms with E-state index in [4.69, 9.17) is 4.74 Å². The number of anilines is 2. The Bertz CT molecular complexity index is 923. The van der Waals surface area contributed by atoms with Gasteiger partial charge in [0.25, 0.3) is 0 Å². The van der Waals surface area contributed by atoms with Crippen molar-refractivity contribution in [2.24, 2.45) is 0 Å². The number of carbonyl (C=O) groups is 1. The minimum atomic E-state index is -0.0692. The number of nitrogens with zero attached hydrogens (tertiary/aromatic N) is 6. The molecule has 0 bridgehead atoms. The molecule has 1 aromatic carbocycles. The second kappa shape index (κ2) is 8.80. The molecule has 0 N–H and O–H groups in total. The SMILES string of the molecule is CC(=O)N(c1ccccc1)c1nc(CSc2nnnn2CC2CCCO2)cs1. The summed E-state index contributed by atoms with van der Waals surface area (Å²) in [6.45, 7) is 3.02. The van der Waals surface area contributed by atoms with E-state index in [1.807, 2.05) is 35.7 Å². The molecular formula is C18H20N6O2S2. The number of amides is 1. The highest BCUT2D eigenvalue weighted by Gasteiger charge is 2.20. The van der Waals surface area contributed by atoms with Crippen molar-refractivity contribution in [3.63, 3.8) is 0 Å². The Kier molecular flexibility index (Phi) is 5.98. The minimum Gasteiger partial charge on any atom is -0.376 e. The Hall–Kier alpha value is -2.30. The Morgan fingerprint density at radius 2 is 2.25 bits per heavy atom. The van der Waals surface area contributed by atoms with Gasteiger partial charge in [-0.3, -0.25) is 9.69 Å². The summed E-state index contributed by atoms with van der Waals surface area (Å²) in [4.78, 5) is 18.4. The van der Waals surface area contributed by atoms with E-state index in [1.54, 1.807) is 16.5 Å². The molecule has 3 heterocycles. The molecule has 0 spiro atoms. The number of para-hydroxylation sites is 1. The monoisotopic (exact) mass is 416 g/mol. The van der Waals surface area contributed by atoms with Crippen LogP contribution in [0.25, 0.3) is 0 Å². The topological polar surface area (TPSA) is 86.0 Å². The smallest absolute Gasteiger partial charge is 0.230 e. The van der Waals surface area contributed by atoms with Gasteiger partial charge in [0, 0.05) is 24.7 Å². The molecule has 0 radical (unpaired) electrons. The second-order valence-corrected chi connectivity index (χ2v) is 8.16. The average molecular weight is 417 g/mol. The molecule has 1 atom stereocenters. The molecule has 3 aromatic rings. The van der Waals surface area contributed by atoms with E-state index < -0.39 is 0 Å². The molecule has 146 valence electrons. The van der Waals surface area contributed by atoms with Crippen molar-refractivity contribution in [1.82, 2.24) is 25.2 Å². The average Bonchev–Trinajstić information content (AvgIpc) is 3.44. The number of benzene rings is 1. The third-order valence-electron chi connectivity index (χ3n) is 4.31. The fraction of sp³-hybridized carbons (Fsp3) is 0.389. The van der Waals surface area contributed by atoms with E-state index in [2.05, 4.69) is 20.5 Å². The van der Waals surface area contributed by atoms with Gasteiger partial charge in [0.05, 0.1) is 24.0 Å². The highest BCUT2D eigenvalue weighted by Crippen LogP contribution is 2.30. The molecule has 2 aromatic heterocycles. The van der Waals surface area contributed by atoms with Gasteiger partial charge >= 0.3 is 0 Å². The lowest BCUT2D eigenvalue weighted by Gasteiger charge is -2.17. The summed E-state index contributed by atoms with van der Waals surface area (Å²) in [6, 6.07) is 9.53. The van der Waals surface area contributed by atoms with Crippen molar-refractivity contribution < 1.29 is 9.53 Å². The number of aromatic nitrogens is 5. The molecule has 0 saturated carbocycles. The number of tetrazole rings is 1. The molecule has 1 aliphatic rings. The predicted molar refractivity (Wildman–Crippen MR) is 108 cm³/mol. The van der Waals surface area contributed by atoms with Gasteiger partial charge in [0.15, 0.2) is 5.13 Å². The van der Waals surface area contributed by atoms with Gasteiger partial charge in [-0.15, -0.1) is 16.4 Å². The maximum Gasteiger partial charge on any atom is 0.230 e. The fourth-order valence-electron chi connectivity index (χ4n) is 3.00. The lowest BCUT2D eigenvalue weighted by atomic mass is 10.2. The summed E-state index contributed by atoms with van der Waals surface area (Å²) < 4.78 is 7.46. The zero-order valence-electron chi connectivity index (χ0n) is 15.4. The minimum absolute atomic E-state index is 0.0692. The van der Waals surface area contributed by atoms with Crippen LogP contribution in [0.5, 0.6) is 0 Å². The number of rotatable bonds is 7. The fourth-order valence-corrected chi connectivity index (χ4v) is 4.77. The van der Waals surface area contributed by atoms with E-state index in [1.165, 1.54) is 23.1 Å². The lowest BCUT2D eigenvalue weighted by Crippen LogP contribution is -2.22. The Labute approximate surface area is 170 Å². The van der Waals surface area contributed by atoms with Gasteiger partial charge in [-0.25, -0.2) is 9.67 Å². The normalized spacial score (nSPS) is 16.4. The summed E-state index contributed by atoms with van der Waals surface area (Å²) in [5, 5.41) is 15.3. The molecule has 8 nitrogen and oxygen atoms in total. The van der Waals surface area contributed by atoms with Crippen LogP contribution in [0, 0.1) is 0 Å². The van der Waals surface area contributed by atoms with Crippen molar-refractivity contribution in [3.8, 4) is 0 Å². The third kappa shape index (κ3) is 4.40. The largest absolute Gasteiger partial charge is 0.376 e. The van der Waals surface area contributed by atoms with Crippen LogP contribution in [0.1, 0.15) is 25.5 Å². The van der Waals surface area contributed by atoms with Gasteiger partial charge in [-0.2, -0.15) is 0 Å². The van der Waals surface area contributed by atoms with E-state index in [-0.39, 0.29) is 12.0 Å². The summed E-state index contributed by atoms with van der Waals surface area (Å²) in [5.41, 5.74) is 1.70. The number of carbonyl (C=O) groups excluding carboxylic acids is 1. The van der Waals surface area contributed by atoms with Crippen molar-refractivity contribution >= 4 is 39.8 Å². The quantitative estimate of drug-likeness (QED) is 0.546. The number of thiazole rings is 1. The van der Waals surface area contributed by atoms with Crippen molar-refractivity contribution in [1.29, 1.82) is 0 Å². The molecular weight excluding hydrogens is 396 g/mol. The number of ether oxygens (including phenoxy) is 1. The van der Waals surface area contributed by atoms with Gasteiger partial charge < -0.3 is 4.74 Å². The highest BCUT2D eigenvalue weighted by atomic mass is 32.2. The highest BCUT2D eigenvalue weighted by molar-refractivity contribution is 7.98. The van der Waals surface area contributed by atoms with Crippen molar-refractivity contribution in [2.45, 2.75) is 43.3 Å². The molecule has 4 rings (SSSR count). The summed E-state index contributed by atoms with van der Waals surface area (Å²) in [7, 11) is 0. The van der Waals surface area contributed by atoms with Crippen molar-refractivity contribution in [3.05, 3.63) is 41.4 Å². The van der Waals surface area contributed by atoms with Crippen LogP contribution in [-0.4, -0.2) is 43.8 Å². The molecule has 28 heavy (non-hydrogen) atoms. The first-order chi connectivity index (χ1) is 13.7. The maximum atomic E-state index is 12.2. The summed E-state index contributed by atoms with van der Waals surface area (Å²) in [6.07, 6.45) is 2.31. The van der Waals surface area contributed by atoms with Crippen molar-refractivity contribution in [2.75, 3.05) is 11.5 Å². The van der Waals surface area contributed by atoms with Gasteiger partial charge in [0.1, 0.15) is 0 Å². The molecule has 1 unspecified atom stereocenters. The van der Waals surface area contributed by atoms with Crippen LogP contribution in [-0.2, 0) is 21.8 Å².